The number of esters is 1. The van der Waals surface area contributed by atoms with E-state index in [1.165, 1.54) is 13.5 Å². The molecule has 0 saturated carbocycles. The first-order chi connectivity index (χ1) is 6.33. The van der Waals surface area contributed by atoms with Gasteiger partial charge < -0.3 is 10.1 Å². The Balaban J connectivity index is 2.05. The van der Waals surface area contributed by atoms with E-state index in [2.05, 4.69) is 10.2 Å². The van der Waals surface area contributed by atoms with Crippen LogP contribution in [0.25, 0.3) is 0 Å². The maximum atomic E-state index is 11.4. The summed E-state index contributed by atoms with van der Waals surface area (Å²) in [6.45, 7) is 3.11. The second-order valence-electron chi connectivity index (χ2n) is 3.70. The number of hydrogen-bond donors (Lipinski definition) is 1. The van der Waals surface area contributed by atoms with Crippen LogP contribution in [0.4, 0.5) is 0 Å². The fraction of sp³-hybridized carbons (Fsp3) is 0.889. The summed E-state index contributed by atoms with van der Waals surface area (Å²) in [6, 6.07) is 0.280. The molecule has 4 nitrogen and oxygen atoms in total. The van der Waals surface area contributed by atoms with Crippen LogP contribution in [0.3, 0.4) is 0 Å². The van der Waals surface area contributed by atoms with E-state index in [4.69, 9.17) is 4.74 Å². The molecular formula is C9H16N2O2. The standard InChI is InChI=1S/C9H16N2O2/c1-13-9(12)8-7-3-2-5-11(7)6-4-10-8/h7-8,10H,2-6H2,1H3. The molecule has 13 heavy (non-hydrogen) atoms. The van der Waals surface area contributed by atoms with Crippen molar-refractivity contribution in [2.75, 3.05) is 26.7 Å². The van der Waals surface area contributed by atoms with Crippen LogP contribution in [0.2, 0.25) is 0 Å². The van der Waals surface area contributed by atoms with Crippen LogP contribution >= 0.6 is 0 Å². The van der Waals surface area contributed by atoms with Gasteiger partial charge >= 0.3 is 5.97 Å². The minimum Gasteiger partial charge on any atom is -0.468 e. The molecule has 2 aliphatic heterocycles. The zero-order valence-corrected chi connectivity index (χ0v) is 7.95. The normalized spacial score (nSPS) is 34.2. The zero-order valence-electron chi connectivity index (χ0n) is 7.95. The lowest BCUT2D eigenvalue weighted by atomic mass is 10.0. The molecule has 1 N–H and O–H groups in total. The van der Waals surface area contributed by atoms with Gasteiger partial charge in [0.1, 0.15) is 6.04 Å². The van der Waals surface area contributed by atoms with Gasteiger partial charge in [0.25, 0.3) is 0 Å². The van der Waals surface area contributed by atoms with E-state index >= 15 is 0 Å². The molecule has 4 heteroatoms. The van der Waals surface area contributed by atoms with E-state index in [-0.39, 0.29) is 12.0 Å². The Morgan fingerprint density at radius 1 is 1.54 bits per heavy atom. The van der Waals surface area contributed by atoms with Crippen LogP contribution in [0, 0.1) is 0 Å². The summed E-state index contributed by atoms with van der Waals surface area (Å²) < 4.78 is 4.77. The molecular weight excluding hydrogens is 168 g/mol. The fourth-order valence-electron chi connectivity index (χ4n) is 2.37. The number of nitrogens with zero attached hydrogens (tertiary/aromatic N) is 1. The summed E-state index contributed by atoms with van der Waals surface area (Å²) in [7, 11) is 1.46. The number of hydrogen-bond acceptors (Lipinski definition) is 4. The highest BCUT2D eigenvalue weighted by molar-refractivity contribution is 5.76. The Morgan fingerprint density at radius 3 is 3.15 bits per heavy atom. The molecule has 2 atom stereocenters. The maximum Gasteiger partial charge on any atom is 0.324 e. The van der Waals surface area contributed by atoms with Crippen molar-refractivity contribution in [1.82, 2.24) is 10.2 Å². The SMILES string of the molecule is COC(=O)C1NCCN2CCCC12. The molecule has 2 saturated heterocycles. The fourth-order valence-corrected chi connectivity index (χ4v) is 2.37. The Bertz CT molecular complexity index is 208. The topological polar surface area (TPSA) is 41.6 Å². The third kappa shape index (κ3) is 1.56. The second-order valence-corrected chi connectivity index (χ2v) is 3.70. The molecule has 0 aromatic heterocycles. The van der Waals surface area contributed by atoms with Crippen LogP contribution in [-0.2, 0) is 9.53 Å². The minimum atomic E-state index is -0.114. The summed E-state index contributed by atoms with van der Waals surface area (Å²) >= 11 is 0. The number of fused-ring (bicyclic) bond motifs is 1. The van der Waals surface area contributed by atoms with Crippen molar-refractivity contribution in [1.29, 1.82) is 0 Å². The molecule has 74 valence electrons. The lowest BCUT2D eigenvalue weighted by molar-refractivity contribution is -0.145. The molecule has 2 unspecified atom stereocenters. The summed E-state index contributed by atoms with van der Waals surface area (Å²) in [6.07, 6.45) is 2.33. The van der Waals surface area contributed by atoms with Crippen molar-refractivity contribution in [3.63, 3.8) is 0 Å². The summed E-state index contributed by atoms with van der Waals surface area (Å²) in [5, 5.41) is 3.22. The van der Waals surface area contributed by atoms with Crippen molar-refractivity contribution in [3.8, 4) is 0 Å². The lowest BCUT2D eigenvalue weighted by Gasteiger charge is -2.35. The van der Waals surface area contributed by atoms with E-state index < -0.39 is 0 Å². The minimum absolute atomic E-state index is 0.0961. The zero-order chi connectivity index (χ0) is 9.26. The van der Waals surface area contributed by atoms with Crippen molar-refractivity contribution < 1.29 is 9.53 Å². The Kier molecular flexibility index (Phi) is 2.51. The van der Waals surface area contributed by atoms with Gasteiger partial charge in [0.2, 0.25) is 0 Å². The van der Waals surface area contributed by atoms with E-state index in [9.17, 15) is 4.79 Å². The number of carbonyl (C=O) groups excluding carboxylic acids is 1. The van der Waals surface area contributed by atoms with E-state index in [0.29, 0.717) is 6.04 Å². The van der Waals surface area contributed by atoms with Gasteiger partial charge in [-0.15, -0.1) is 0 Å². The van der Waals surface area contributed by atoms with Crippen molar-refractivity contribution in [2.45, 2.75) is 24.9 Å². The summed E-state index contributed by atoms with van der Waals surface area (Å²) in [4.78, 5) is 13.8. The molecule has 0 radical (unpaired) electrons. The van der Waals surface area contributed by atoms with Crippen LogP contribution in [0.5, 0.6) is 0 Å². The van der Waals surface area contributed by atoms with E-state index in [0.717, 1.165) is 26.1 Å². The Morgan fingerprint density at radius 2 is 2.38 bits per heavy atom. The molecule has 0 bridgehead atoms. The van der Waals surface area contributed by atoms with Crippen LogP contribution in [0.1, 0.15) is 12.8 Å². The van der Waals surface area contributed by atoms with Crippen LogP contribution < -0.4 is 5.32 Å². The van der Waals surface area contributed by atoms with Crippen LogP contribution in [0.15, 0.2) is 0 Å². The van der Waals surface area contributed by atoms with Gasteiger partial charge in [-0.2, -0.15) is 0 Å². The van der Waals surface area contributed by atoms with Gasteiger partial charge in [-0.25, -0.2) is 0 Å². The number of methoxy groups -OCH3 is 1. The second kappa shape index (κ2) is 3.64. The van der Waals surface area contributed by atoms with Crippen LogP contribution in [-0.4, -0.2) is 49.7 Å². The predicted octanol–water partition coefficient (Wildman–Crippen LogP) is -0.404. The first-order valence-electron chi connectivity index (χ1n) is 4.88. The average molecular weight is 184 g/mol. The third-order valence-corrected chi connectivity index (χ3v) is 3.02. The average Bonchev–Trinajstić information content (AvgIpc) is 2.63. The predicted molar refractivity (Wildman–Crippen MR) is 48.4 cm³/mol. The van der Waals surface area contributed by atoms with Gasteiger partial charge in [0.05, 0.1) is 7.11 Å². The third-order valence-electron chi connectivity index (χ3n) is 3.02. The molecule has 0 amide bonds. The number of ether oxygens (including phenoxy) is 1. The molecule has 2 fully saturated rings. The van der Waals surface area contributed by atoms with E-state index in [1.54, 1.807) is 0 Å². The monoisotopic (exact) mass is 184 g/mol. The Labute approximate surface area is 78.2 Å². The van der Waals surface area contributed by atoms with Crippen molar-refractivity contribution in [2.24, 2.45) is 0 Å². The highest BCUT2D eigenvalue weighted by Gasteiger charge is 2.38. The lowest BCUT2D eigenvalue weighted by Crippen LogP contribution is -2.58. The van der Waals surface area contributed by atoms with Gasteiger partial charge in [-0.05, 0) is 19.4 Å². The molecule has 2 aliphatic rings. The summed E-state index contributed by atoms with van der Waals surface area (Å²) in [5.41, 5.74) is 0. The smallest absolute Gasteiger partial charge is 0.324 e. The van der Waals surface area contributed by atoms with Gasteiger partial charge in [-0.3, -0.25) is 9.69 Å². The van der Waals surface area contributed by atoms with E-state index in [1.807, 2.05) is 0 Å². The van der Waals surface area contributed by atoms with Crippen molar-refractivity contribution in [3.05, 3.63) is 0 Å². The molecule has 0 spiro atoms. The van der Waals surface area contributed by atoms with Gasteiger partial charge in [0, 0.05) is 19.1 Å². The first kappa shape index (κ1) is 8.97. The Hall–Kier alpha value is -0.610. The maximum absolute atomic E-state index is 11.4. The molecule has 0 aromatic carbocycles. The highest BCUT2D eigenvalue weighted by Crippen LogP contribution is 2.22. The highest BCUT2D eigenvalue weighted by atomic mass is 16.5. The number of carbonyl (C=O) groups is 1. The number of nitrogens with one attached hydrogen (secondary N) is 1. The van der Waals surface area contributed by atoms with Gasteiger partial charge in [-0.1, -0.05) is 0 Å². The number of rotatable bonds is 1. The quantitative estimate of drug-likeness (QED) is 0.563. The van der Waals surface area contributed by atoms with Crippen molar-refractivity contribution >= 4 is 5.97 Å². The summed E-state index contributed by atoms with van der Waals surface area (Å²) in [5.74, 6) is -0.114. The molecule has 0 aliphatic carbocycles. The first-order valence-corrected chi connectivity index (χ1v) is 4.88. The van der Waals surface area contributed by atoms with Gasteiger partial charge in [0.15, 0.2) is 0 Å². The molecule has 0 aromatic rings. The molecule has 2 heterocycles. The molecule has 2 rings (SSSR count). The number of piperazine rings is 1. The largest absolute Gasteiger partial charge is 0.468 e.